The highest BCUT2D eigenvalue weighted by Gasteiger charge is 2.63. The molecule has 0 aliphatic rings. The molecule has 0 heterocycles. The van der Waals surface area contributed by atoms with Gasteiger partial charge in [0, 0.05) is 0 Å². The second-order valence-electron chi connectivity index (χ2n) is 8.43. The summed E-state index contributed by atoms with van der Waals surface area (Å²) >= 11 is 0. The van der Waals surface area contributed by atoms with Crippen LogP contribution >= 0.6 is 0 Å². The third-order valence-electron chi connectivity index (χ3n) is 6.30. The van der Waals surface area contributed by atoms with Gasteiger partial charge in [-0.3, -0.25) is 14.1 Å². The van der Waals surface area contributed by atoms with E-state index in [1.807, 2.05) is 27.7 Å². The van der Waals surface area contributed by atoms with Crippen LogP contribution < -0.4 is 0 Å². The van der Waals surface area contributed by atoms with Gasteiger partial charge in [0.2, 0.25) is 0 Å². The van der Waals surface area contributed by atoms with Gasteiger partial charge in [-0.25, -0.2) is 0 Å². The fraction of sp³-hybridized carbons (Fsp3) is 0.909. The van der Waals surface area contributed by atoms with Gasteiger partial charge < -0.3 is 10.2 Å². The number of unbranched alkanes of at least 4 members (excludes halogenated alkanes) is 4. The first kappa shape index (κ1) is 28.9. The zero-order chi connectivity index (χ0) is 23.4. The first-order valence-corrected chi connectivity index (χ1v) is 13.0. The molecule has 0 radical (unpaired) electrons. The minimum Gasteiger partial charge on any atom is -0.481 e. The highest BCUT2D eigenvalue weighted by molar-refractivity contribution is 7.87. The van der Waals surface area contributed by atoms with Crippen LogP contribution in [0.25, 0.3) is 0 Å². The molecular formula is C22H42O7S. The molecule has 0 saturated heterocycles. The van der Waals surface area contributed by atoms with Crippen molar-refractivity contribution in [3.63, 3.8) is 0 Å². The van der Waals surface area contributed by atoms with E-state index in [-0.39, 0.29) is 0 Å². The molecule has 30 heavy (non-hydrogen) atoms. The summed E-state index contributed by atoms with van der Waals surface area (Å²) < 4.78 is 34.6. The summed E-state index contributed by atoms with van der Waals surface area (Å²) in [5.74, 6) is -4.48. The predicted molar refractivity (Wildman–Crippen MR) is 118 cm³/mol. The Kier molecular flexibility index (Phi) is 13.5. The summed E-state index contributed by atoms with van der Waals surface area (Å²) in [5, 5.41) is 18.0. The van der Waals surface area contributed by atoms with Gasteiger partial charge in [0.15, 0.2) is 5.25 Å². The number of rotatable bonds is 18. The van der Waals surface area contributed by atoms with Gasteiger partial charge in [-0.15, -0.1) is 0 Å². The van der Waals surface area contributed by atoms with Crippen LogP contribution in [0.2, 0.25) is 0 Å². The lowest BCUT2D eigenvalue weighted by molar-refractivity contribution is -0.166. The average Bonchev–Trinajstić information content (AvgIpc) is 2.65. The highest BCUT2D eigenvalue weighted by Crippen LogP contribution is 2.51. The largest absolute Gasteiger partial charge is 0.481 e. The molecule has 0 aromatic carbocycles. The molecule has 0 aliphatic carbocycles. The lowest BCUT2D eigenvalue weighted by Gasteiger charge is -2.46. The molecule has 1 atom stereocenters. The van der Waals surface area contributed by atoms with Crippen molar-refractivity contribution < 1.29 is 32.8 Å². The fourth-order valence-corrected chi connectivity index (χ4v) is 6.08. The zero-order valence-electron chi connectivity index (χ0n) is 19.1. The molecule has 0 amide bonds. The van der Waals surface area contributed by atoms with E-state index in [9.17, 15) is 32.8 Å². The molecule has 0 fully saturated rings. The van der Waals surface area contributed by atoms with E-state index >= 15 is 0 Å². The smallest absolute Gasteiger partial charge is 0.325 e. The number of hydrogen-bond acceptors (Lipinski definition) is 4. The monoisotopic (exact) mass is 450 g/mol. The minimum atomic E-state index is -5.14. The number of hydrogen-bond donors (Lipinski definition) is 3. The first-order valence-electron chi connectivity index (χ1n) is 11.5. The lowest BCUT2D eigenvalue weighted by atomic mass is 9.59. The molecule has 0 spiro atoms. The number of carbonyl (C=O) groups is 2. The van der Waals surface area contributed by atoms with Crippen LogP contribution in [0.3, 0.4) is 0 Å². The van der Waals surface area contributed by atoms with Crippen LogP contribution in [0.4, 0.5) is 0 Å². The van der Waals surface area contributed by atoms with Crippen molar-refractivity contribution in [3.05, 3.63) is 0 Å². The van der Waals surface area contributed by atoms with Gasteiger partial charge in [0.25, 0.3) is 10.1 Å². The Morgan fingerprint density at radius 2 is 1.03 bits per heavy atom. The molecular weight excluding hydrogens is 408 g/mol. The maximum absolute atomic E-state index is 12.9. The predicted octanol–water partition coefficient (Wildman–Crippen LogP) is 5.39. The van der Waals surface area contributed by atoms with Gasteiger partial charge >= 0.3 is 11.9 Å². The summed E-state index contributed by atoms with van der Waals surface area (Å²) in [4.78, 5) is 25.1. The van der Waals surface area contributed by atoms with E-state index in [1.165, 1.54) is 0 Å². The maximum Gasteiger partial charge on any atom is 0.325 e. The summed E-state index contributed by atoms with van der Waals surface area (Å²) in [7, 11) is -5.14. The summed E-state index contributed by atoms with van der Waals surface area (Å²) in [6.07, 6.45) is 7.57. The topological polar surface area (TPSA) is 129 Å². The van der Waals surface area contributed by atoms with Crippen LogP contribution in [0.15, 0.2) is 0 Å². The molecule has 0 saturated carbocycles. The van der Waals surface area contributed by atoms with Crippen molar-refractivity contribution in [2.24, 2.45) is 17.3 Å². The van der Waals surface area contributed by atoms with Gasteiger partial charge in [-0.05, 0) is 37.5 Å². The van der Waals surface area contributed by atoms with Crippen molar-refractivity contribution in [3.8, 4) is 0 Å². The normalized spacial score (nSPS) is 13.7. The lowest BCUT2D eigenvalue weighted by Crippen LogP contribution is -2.59. The summed E-state index contributed by atoms with van der Waals surface area (Å²) in [6, 6.07) is 0. The van der Waals surface area contributed by atoms with Crippen molar-refractivity contribution in [1.29, 1.82) is 0 Å². The first-order chi connectivity index (χ1) is 14.0. The second kappa shape index (κ2) is 14.0. The minimum absolute atomic E-state index is 0.427. The van der Waals surface area contributed by atoms with Crippen LogP contribution in [0, 0.1) is 17.3 Å². The Morgan fingerprint density at radius 3 is 1.20 bits per heavy atom. The Morgan fingerprint density at radius 1 is 0.733 bits per heavy atom. The third-order valence-corrected chi connectivity index (χ3v) is 7.49. The standard InChI is InChI=1S/C22H42O7S/c1-5-9-13-17(14-10-6-2)22(21(25)26,19(20(23)24)30(27,28)29)18(15-11-7-3)16-12-8-4/h17-19H,5-16H2,1-4H3,(H,23,24)(H,25,26)(H,27,28,29). The average molecular weight is 451 g/mol. The number of carboxylic acid groups (broad SMARTS) is 2. The second-order valence-corrected chi connectivity index (χ2v) is 9.94. The van der Waals surface area contributed by atoms with E-state index in [0.29, 0.717) is 51.4 Å². The SMILES string of the molecule is CCCCC(CCCC)C(C(=O)O)(C(CCCC)CCCC)C(C(=O)O)S(=O)(=O)O. The number of aliphatic carboxylic acids is 2. The van der Waals surface area contributed by atoms with Crippen LogP contribution in [-0.2, 0) is 19.7 Å². The molecule has 3 N–H and O–H groups in total. The Hall–Kier alpha value is -1.15. The molecule has 0 aromatic rings. The molecule has 1 unspecified atom stereocenters. The third kappa shape index (κ3) is 7.52. The molecule has 178 valence electrons. The van der Waals surface area contributed by atoms with Crippen LogP contribution in [-0.4, -0.2) is 40.4 Å². The van der Waals surface area contributed by atoms with Crippen molar-refractivity contribution in [2.75, 3.05) is 0 Å². The van der Waals surface area contributed by atoms with Crippen molar-refractivity contribution >= 4 is 22.1 Å². The van der Waals surface area contributed by atoms with Gasteiger partial charge in [-0.2, -0.15) is 8.42 Å². The fourth-order valence-electron chi connectivity index (χ4n) is 4.85. The molecule has 0 rings (SSSR count). The quantitative estimate of drug-likeness (QED) is 0.239. The Bertz CT molecular complexity index is 579. The van der Waals surface area contributed by atoms with Crippen LogP contribution in [0.5, 0.6) is 0 Å². The summed E-state index contributed by atoms with van der Waals surface area (Å²) in [6.45, 7) is 7.84. The van der Waals surface area contributed by atoms with Gasteiger partial charge in [-0.1, -0.05) is 79.1 Å². The molecule has 8 heteroatoms. The van der Waals surface area contributed by atoms with E-state index in [1.54, 1.807) is 0 Å². The molecule has 0 aliphatic heterocycles. The van der Waals surface area contributed by atoms with Crippen molar-refractivity contribution in [1.82, 2.24) is 0 Å². The Balaban J connectivity index is 6.96. The van der Waals surface area contributed by atoms with E-state index in [2.05, 4.69) is 0 Å². The van der Waals surface area contributed by atoms with Crippen molar-refractivity contribution in [2.45, 2.75) is 110 Å². The van der Waals surface area contributed by atoms with Crippen LogP contribution in [0.1, 0.15) is 105 Å². The Labute approximate surface area is 182 Å². The number of carboxylic acids is 2. The maximum atomic E-state index is 12.9. The zero-order valence-corrected chi connectivity index (χ0v) is 19.9. The van der Waals surface area contributed by atoms with E-state index < -0.39 is 44.6 Å². The summed E-state index contributed by atoms with van der Waals surface area (Å²) in [5.41, 5.74) is -2.06. The molecule has 7 nitrogen and oxygen atoms in total. The molecule has 0 bridgehead atoms. The van der Waals surface area contributed by atoms with Gasteiger partial charge in [0.05, 0.1) is 0 Å². The highest BCUT2D eigenvalue weighted by atomic mass is 32.2. The van der Waals surface area contributed by atoms with Gasteiger partial charge in [0.1, 0.15) is 5.41 Å². The van der Waals surface area contributed by atoms with E-state index in [4.69, 9.17) is 0 Å². The van der Waals surface area contributed by atoms with E-state index in [0.717, 1.165) is 25.7 Å². The molecule has 0 aromatic heterocycles.